The zero-order valence-electron chi connectivity index (χ0n) is 12.8. The molecule has 0 unspecified atom stereocenters. The summed E-state index contributed by atoms with van der Waals surface area (Å²) in [5, 5.41) is 7.40. The second kappa shape index (κ2) is 5.24. The third-order valence-corrected chi connectivity index (χ3v) is 5.02. The topological polar surface area (TPSA) is 59.9 Å². The van der Waals surface area contributed by atoms with Gasteiger partial charge in [0.2, 0.25) is 0 Å². The summed E-state index contributed by atoms with van der Waals surface area (Å²) in [4.78, 5) is 13.5. The summed E-state index contributed by atoms with van der Waals surface area (Å²) in [7, 11) is 1.65. The Morgan fingerprint density at radius 1 is 1.35 bits per heavy atom. The highest BCUT2D eigenvalue weighted by Crippen LogP contribution is 2.34. The number of nitrogens with zero attached hydrogens (tertiary/aromatic N) is 2. The number of methoxy groups -OCH3 is 1. The SMILES string of the molecule is COc1cccc(Cn2c3cc(C)sc3c3cn[nH]c(=O)c32)c1. The molecule has 0 aliphatic carbocycles. The van der Waals surface area contributed by atoms with Crippen LogP contribution in [0.4, 0.5) is 0 Å². The van der Waals surface area contributed by atoms with Crippen molar-refractivity contribution in [3.63, 3.8) is 0 Å². The number of thiophene rings is 1. The lowest BCUT2D eigenvalue weighted by Gasteiger charge is -2.08. The van der Waals surface area contributed by atoms with E-state index in [0.717, 1.165) is 26.9 Å². The number of rotatable bonds is 3. The summed E-state index contributed by atoms with van der Waals surface area (Å²) >= 11 is 1.69. The molecule has 3 aromatic heterocycles. The van der Waals surface area contributed by atoms with Gasteiger partial charge in [-0.25, -0.2) is 5.10 Å². The van der Waals surface area contributed by atoms with Gasteiger partial charge >= 0.3 is 0 Å². The first kappa shape index (κ1) is 14.0. The van der Waals surface area contributed by atoms with Crippen LogP contribution in [0, 0.1) is 6.92 Å². The van der Waals surface area contributed by atoms with Crippen molar-refractivity contribution < 1.29 is 4.74 Å². The Morgan fingerprint density at radius 3 is 3.04 bits per heavy atom. The van der Waals surface area contributed by atoms with Gasteiger partial charge in [0, 0.05) is 16.8 Å². The minimum absolute atomic E-state index is 0.161. The first-order valence-electron chi connectivity index (χ1n) is 7.26. The molecule has 4 rings (SSSR count). The molecule has 0 spiro atoms. The van der Waals surface area contributed by atoms with Gasteiger partial charge < -0.3 is 9.30 Å². The fourth-order valence-electron chi connectivity index (χ4n) is 2.96. The maximum absolute atomic E-state index is 12.3. The van der Waals surface area contributed by atoms with E-state index in [9.17, 15) is 4.79 Å². The molecule has 0 amide bonds. The molecule has 116 valence electrons. The molecule has 0 bridgehead atoms. The molecule has 5 nitrogen and oxygen atoms in total. The second-order valence-corrected chi connectivity index (χ2v) is 6.73. The van der Waals surface area contributed by atoms with Gasteiger partial charge in [-0.1, -0.05) is 12.1 Å². The Labute approximate surface area is 136 Å². The molecule has 0 saturated carbocycles. The van der Waals surface area contributed by atoms with Crippen LogP contribution in [-0.2, 0) is 6.54 Å². The van der Waals surface area contributed by atoms with Crippen LogP contribution in [0.5, 0.6) is 5.75 Å². The normalized spacial score (nSPS) is 11.4. The number of benzene rings is 1. The fourth-order valence-corrected chi connectivity index (χ4v) is 3.98. The molecule has 0 aliphatic rings. The van der Waals surface area contributed by atoms with Crippen LogP contribution in [0.2, 0.25) is 0 Å². The van der Waals surface area contributed by atoms with Crippen LogP contribution >= 0.6 is 11.3 Å². The highest BCUT2D eigenvalue weighted by Gasteiger charge is 2.16. The number of hydrogen-bond donors (Lipinski definition) is 1. The molecule has 0 radical (unpaired) electrons. The Kier molecular flexibility index (Phi) is 3.20. The van der Waals surface area contributed by atoms with Gasteiger partial charge in [0.1, 0.15) is 11.3 Å². The summed E-state index contributed by atoms with van der Waals surface area (Å²) < 4.78 is 8.46. The first-order chi connectivity index (χ1) is 11.2. The zero-order chi connectivity index (χ0) is 16.0. The Hall–Kier alpha value is -2.60. The molecule has 1 N–H and O–H groups in total. The molecule has 6 heteroatoms. The van der Waals surface area contributed by atoms with Crippen molar-refractivity contribution in [3.8, 4) is 5.75 Å². The summed E-state index contributed by atoms with van der Waals surface area (Å²) in [6.45, 7) is 2.69. The molecule has 4 aromatic rings. The van der Waals surface area contributed by atoms with Crippen molar-refractivity contribution in [2.24, 2.45) is 0 Å². The molecular weight excluding hydrogens is 310 g/mol. The number of fused-ring (bicyclic) bond motifs is 3. The Bertz CT molecular complexity index is 1070. The van der Waals surface area contributed by atoms with E-state index >= 15 is 0 Å². The van der Waals surface area contributed by atoms with E-state index in [0.29, 0.717) is 12.1 Å². The van der Waals surface area contributed by atoms with Crippen LogP contribution < -0.4 is 10.3 Å². The van der Waals surface area contributed by atoms with E-state index in [2.05, 4.69) is 27.8 Å². The first-order valence-corrected chi connectivity index (χ1v) is 8.08. The summed E-state index contributed by atoms with van der Waals surface area (Å²) in [6, 6.07) is 10.0. The maximum atomic E-state index is 12.3. The Morgan fingerprint density at radius 2 is 2.22 bits per heavy atom. The number of aryl methyl sites for hydroxylation is 1. The maximum Gasteiger partial charge on any atom is 0.288 e. The van der Waals surface area contributed by atoms with Gasteiger partial charge in [-0.3, -0.25) is 4.79 Å². The minimum atomic E-state index is -0.161. The van der Waals surface area contributed by atoms with Crippen LogP contribution in [0.15, 0.2) is 41.3 Å². The van der Waals surface area contributed by atoms with Crippen molar-refractivity contribution >= 4 is 32.5 Å². The average Bonchev–Trinajstić information content (AvgIpc) is 3.06. The van der Waals surface area contributed by atoms with Gasteiger partial charge in [-0.15, -0.1) is 11.3 Å². The molecule has 0 saturated heterocycles. The van der Waals surface area contributed by atoms with Crippen molar-refractivity contribution in [2.75, 3.05) is 7.11 Å². The summed E-state index contributed by atoms with van der Waals surface area (Å²) in [5.74, 6) is 0.812. The van der Waals surface area contributed by atoms with Crippen molar-refractivity contribution in [1.29, 1.82) is 0 Å². The zero-order valence-corrected chi connectivity index (χ0v) is 13.6. The third-order valence-electron chi connectivity index (χ3n) is 3.95. The van der Waals surface area contributed by atoms with E-state index in [1.54, 1.807) is 24.6 Å². The number of H-pyrrole nitrogens is 1. The number of aromatic nitrogens is 3. The van der Waals surface area contributed by atoms with Gasteiger partial charge in [-0.05, 0) is 30.7 Å². The van der Waals surface area contributed by atoms with Gasteiger partial charge in [0.15, 0.2) is 0 Å². The average molecular weight is 325 g/mol. The molecule has 0 fully saturated rings. The van der Waals surface area contributed by atoms with E-state index < -0.39 is 0 Å². The number of aromatic amines is 1. The Balaban J connectivity index is 1.98. The predicted molar refractivity (Wildman–Crippen MR) is 92.6 cm³/mol. The molecule has 0 atom stereocenters. The lowest BCUT2D eigenvalue weighted by Crippen LogP contribution is -2.12. The highest BCUT2D eigenvalue weighted by atomic mass is 32.1. The van der Waals surface area contributed by atoms with E-state index in [4.69, 9.17) is 4.74 Å². The minimum Gasteiger partial charge on any atom is -0.497 e. The van der Waals surface area contributed by atoms with Crippen LogP contribution in [0.3, 0.4) is 0 Å². The quantitative estimate of drug-likeness (QED) is 0.629. The smallest absolute Gasteiger partial charge is 0.288 e. The third kappa shape index (κ3) is 2.22. The van der Waals surface area contributed by atoms with E-state index in [1.807, 2.05) is 24.3 Å². The van der Waals surface area contributed by atoms with Crippen LogP contribution in [0.1, 0.15) is 10.4 Å². The monoisotopic (exact) mass is 325 g/mol. The van der Waals surface area contributed by atoms with Gasteiger partial charge in [0.05, 0.1) is 23.5 Å². The molecular formula is C17H15N3O2S. The largest absolute Gasteiger partial charge is 0.497 e. The highest BCUT2D eigenvalue weighted by molar-refractivity contribution is 7.20. The standard InChI is InChI=1S/C17H15N3O2S/c1-10-6-14-16(23-10)13-8-18-19-17(21)15(13)20(14)9-11-4-3-5-12(7-11)22-2/h3-8H,9H2,1-2H3,(H,19,21). The number of nitrogens with one attached hydrogen (secondary N) is 1. The predicted octanol–water partition coefficient (Wildman–Crippen LogP) is 3.30. The lowest BCUT2D eigenvalue weighted by molar-refractivity contribution is 0.414. The van der Waals surface area contributed by atoms with E-state index in [-0.39, 0.29) is 5.56 Å². The van der Waals surface area contributed by atoms with Crippen LogP contribution in [0.25, 0.3) is 21.1 Å². The number of ether oxygens (including phenoxy) is 1. The lowest BCUT2D eigenvalue weighted by atomic mass is 10.2. The van der Waals surface area contributed by atoms with Gasteiger partial charge in [-0.2, -0.15) is 5.10 Å². The number of hydrogen-bond acceptors (Lipinski definition) is 4. The molecule has 3 heterocycles. The van der Waals surface area contributed by atoms with Gasteiger partial charge in [0.25, 0.3) is 5.56 Å². The second-order valence-electron chi connectivity index (χ2n) is 5.47. The summed E-state index contributed by atoms with van der Waals surface area (Å²) in [6.07, 6.45) is 1.73. The van der Waals surface area contributed by atoms with Crippen molar-refractivity contribution in [2.45, 2.75) is 13.5 Å². The van der Waals surface area contributed by atoms with Crippen molar-refractivity contribution in [3.05, 3.63) is 57.3 Å². The molecule has 1 aromatic carbocycles. The molecule has 23 heavy (non-hydrogen) atoms. The summed E-state index contributed by atoms with van der Waals surface area (Å²) in [5.41, 5.74) is 2.67. The van der Waals surface area contributed by atoms with E-state index in [1.165, 1.54) is 4.88 Å². The molecule has 0 aliphatic heterocycles. The van der Waals surface area contributed by atoms with Crippen molar-refractivity contribution in [1.82, 2.24) is 14.8 Å². The fraction of sp³-hybridized carbons (Fsp3) is 0.176. The van der Waals surface area contributed by atoms with Crippen LogP contribution in [-0.4, -0.2) is 21.9 Å².